The van der Waals surface area contributed by atoms with E-state index in [1.165, 1.54) is 0 Å². The van der Waals surface area contributed by atoms with Crippen LogP contribution in [0.25, 0.3) is 0 Å². The molecule has 1 saturated heterocycles. The minimum Gasteiger partial charge on any atom is -0.480 e. The van der Waals surface area contributed by atoms with Crippen LogP contribution in [0.4, 0.5) is 13.2 Å². The van der Waals surface area contributed by atoms with E-state index in [0.717, 1.165) is 25.9 Å². The molecule has 100 valence electrons. The first-order chi connectivity index (χ1) is 7.77. The monoisotopic (exact) mass is 254 g/mol. The van der Waals surface area contributed by atoms with Gasteiger partial charge in [-0.25, -0.2) is 4.79 Å². The molecule has 1 fully saturated rings. The van der Waals surface area contributed by atoms with Crippen molar-refractivity contribution in [2.75, 3.05) is 26.2 Å². The number of halogens is 3. The molecule has 0 radical (unpaired) electrons. The first-order valence-electron chi connectivity index (χ1n) is 5.55. The number of carboxylic acids is 1. The number of carboxylic acid groups (broad SMARTS) is 1. The van der Waals surface area contributed by atoms with Gasteiger partial charge in [0.2, 0.25) is 5.54 Å². The number of nitrogens with one attached hydrogen (secondary N) is 1. The van der Waals surface area contributed by atoms with Crippen molar-refractivity contribution in [3.8, 4) is 0 Å². The normalized spacial score (nSPS) is 21.4. The quantitative estimate of drug-likeness (QED) is 0.770. The molecule has 1 atom stereocenters. The second-order valence-corrected chi connectivity index (χ2v) is 4.40. The topological polar surface area (TPSA) is 52.6 Å². The Morgan fingerprint density at radius 3 is 2.29 bits per heavy atom. The zero-order valence-electron chi connectivity index (χ0n) is 9.68. The van der Waals surface area contributed by atoms with Gasteiger partial charge in [-0.05, 0) is 32.9 Å². The summed E-state index contributed by atoms with van der Waals surface area (Å²) < 4.78 is 37.8. The summed E-state index contributed by atoms with van der Waals surface area (Å²) in [7, 11) is 0. The molecule has 17 heavy (non-hydrogen) atoms. The number of hydrogen-bond acceptors (Lipinski definition) is 3. The van der Waals surface area contributed by atoms with Crippen LogP contribution in [0.5, 0.6) is 0 Å². The molecule has 1 aliphatic rings. The molecule has 1 unspecified atom stereocenters. The van der Waals surface area contributed by atoms with E-state index in [4.69, 9.17) is 5.11 Å². The molecule has 0 aromatic carbocycles. The summed E-state index contributed by atoms with van der Waals surface area (Å²) in [6, 6.07) is 0. The lowest BCUT2D eigenvalue weighted by Gasteiger charge is -2.29. The second kappa shape index (κ2) is 5.22. The molecule has 2 N–H and O–H groups in total. The molecule has 1 heterocycles. The van der Waals surface area contributed by atoms with Gasteiger partial charge in [-0.3, -0.25) is 5.32 Å². The number of aliphatic carboxylic acids is 1. The number of nitrogens with zero attached hydrogens (tertiary/aromatic N) is 1. The molecular weight excluding hydrogens is 237 g/mol. The van der Waals surface area contributed by atoms with Gasteiger partial charge in [0.15, 0.2) is 0 Å². The highest BCUT2D eigenvalue weighted by atomic mass is 19.4. The fourth-order valence-corrected chi connectivity index (χ4v) is 1.77. The smallest absolute Gasteiger partial charge is 0.417 e. The Bertz CT molecular complexity index is 277. The SMILES string of the molecule is CC(NCCN1CCCC1)(C(=O)O)C(F)(F)F. The second-order valence-electron chi connectivity index (χ2n) is 4.40. The van der Waals surface area contributed by atoms with E-state index < -0.39 is 17.7 Å². The van der Waals surface area contributed by atoms with E-state index in [0.29, 0.717) is 13.5 Å². The Morgan fingerprint density at radius 2 is 1.88 bits per heavy atom. The van der Waals surface area contributed by atoms with Crippen LogP contribution in [0.15, 0.2) is 0 Å². The van der Waals surface area contributed by atoms with Crippen LogP contribution in [0, 0.1) is 0 Å². The summed E-state index contributed by atoms with van der Waals surface area (Å²) in [5, 5.41) is 10.8. The van der Waals surface area contributed by atoms with Gasteiger partial charge in [-0.15, -0.1) is 0 Å². The largest absolute Gasteiger partial charge is 0.480 e. The van der Waals surface area contributed by atoms with Crippen molar-refractivity contribution < 1.29 is 23.1 Å². The number of likely N-dealkylation sites (tertiary alicyclic amines) is 1. The Hall–Kier alpha value is -0.820. The fourth-order valence-electron chi connectivity index (χ4n) is 1.77. The van der Waals surface area contributed by atoms with Crippen LogP contribution in [-0.2, 0) is 4.79 Å². The van der Waals surface area contributed by atoms with Gasteiger partial charge in [0.05, 0.1) is 0 Å². The Kier molecular flexibility index (Phi) is 4.37. The molecule has 1 aliphatic heterocycles. The van der Waals surface area contributed by atoms with Gasteiger partial charge in [-0.1, -0.05) is 0 Å². The van der Waals surface area contributed by atoms with E-state index >= 15 is 0 Å². The van der Waals surface area contributed by atoms with E-state index in [-0.39, 0.29) is 6.54 Å². The summed E-state index contributed by atoms with van der Waals surface area (Å²) in [4.78, 5) is 12.7. The van der Waals surface area contributed by atoms with Gasteiger partial charge in [-0.2, -0.15) is 13.2 Å². The highest BCUT2D eigenvalue weighted by molar-refractivity contribution is 5.79. The molecule has 7 heteroatoms. The third-order valence-electron chi connectivity index (χ3n) is 3.10. The number of carbonyl (C=O) groups is 1. The Balaban J connectivity index is 2.47. The molecule has 0 spiro atoms. The highest BCUT2D eigenvalue weighted by Crippen LogP contribution is 2.30. The van der Waals surface area contributed by atoms with E-state index in [2.05, 4.69) is 5.32 Å². The first-order valence-corrected chi connectivity index (χ1v) is 5.55. The van der Waals surface area contributed by atoms with Gasteiger partial charge < -0.3 is 10.0 Å². The van der Waals surface area contributed by atoms with Gasteiger partial charge in [0.1, 0.15) is 0 Å². The van der Waals surface area contributed by atoms with Crippen LogP contribution >= 0.6 is 0 Å². The molecule has 0 aromatic heterocycles. The van der Waals surface area contributed by atoms with Crippen LogP contribution in [0.2, 0.25) is 0 Å². The summed E-state index contributed by atoms with van der Waals surface area (Å²) in [6.45, 7) is 2.86. The lowest BCUT2D eigenvalue weighted by molar-refractivity contribution is -0.205. The molecule has 0 aliphatic carbocycles. The van der Waals surface area contributed by atoms with E-state index in [9.17, 15) is 18.0 Å². The Labute approximate surface area is 97.8 Å². The van der Waals surface area contributed by atoms with Gasteiger partial charge in [0.25, 0.3) is 0 Å². The van der Waals surface area contributed by atoms with Crippen LogP contribution < -0.4 is 5.32 Å². The van der Waals surface area contributed by atoms with Gasteiger partial charge in [0, 0.05) is 13.1 Å². The van der Waals surface area contributed by atoms with Crippen molar-refractivity contribution in [3.05, 3.63) is 0 Å². The lowest BCUT2D eigenvalue weighted by Crippen LogP contribution is -2.61. The maximum absolute atomic E-state index is 12.6. The molecule has 4 nitrogen and oxygen atoms in total. The molecule has 0 bridgehead atoms. The minimum absolute atomic E-state index is 0.0162. The number of alkyl halides is 3. The molecule has 0 amide bonds. The molecule has 0 aromatic rings. The average Bonchev–Trinajstić information content (AvgIpc) is 2.68. The van der Waals surface area contributed by atoms with Crippen molar-refractivity contribution in [1.29, 1.82) is 0 Å². The molecule has 1 rings (SSSR count). The Morgan fingerprint density at radius 1 is 1.35 bits per heavy atom. The van der Waals surface area contributed by atoms with Crippen molar-refractivity contribution in [2.24, 2.45) is 0 Å². The number of rotatable bonds is 5. The van der Waals surface area contributed by atoms with Crippen LogP contribution in [0.1, 0.15) is 19.8 Å². The predicted octanol–water partition coefficient (Wildman–Crippen LogP) is 1.08. The van der Waals surface area contributed by atoms with Crippen molar-refractivity contribution >= 4 is 5.97 Å². The van der Waals surface area contributed by atoms with Crippen molar-refractivity contribution in [2.45, 2.75) is 31.5 Å². The maximum atomic E-state index is 12.6. The standard InChI is InChI=1S/C10H17F3N2O2/c1-9(8(16)17,10(11,12)13)14-4-7-15-5-2-3-6-15/h14H,2-7H2,1H3,(H,16,17). The third kappa shape index (κ3) is 3.32. The third-order valence-corrected chi connectivity index (χ3v) is 3.10. The summed E-state index contributed by atoms with van der Waals surface area (Å²) >= 11 is 0. The minimum atomic E-state index is -4.80. The predicted molar refractivity (Wildman–Crippen MR) is 55.8 cm³/mol. The van der Waals surface area contributed by atoms with Crippen molar-refractivity contribution in [1.82, 2.24) is 10.2 Å². The summed E-state index contributed by atoms with van der Waals surface area (Å²) in [5.74, 6) is -1.90. The van der Waals surface area contributed by atoms with Gasteiger partial charge >= 0.3 is 12.1 Å². The summed E-state index contributed by atoms with van der Waals surface area (Å²) in [6.07, 6.45) is -2.70. The first kappa shape index (κ1) is 14.2. The fraction of sp³-hybridized carbons (Fsp3) is 0.900. The zero-order valence-corrected chi connectivity index (χ0v) is 9.68. The van der Waals surface area contributed by atoms with E-state index in [1.54, 1.807) is 0 Å². The number of hydrogen-bond donors (Lipinski definition) is 2. The van der Waals surface area contributed by atoms with E-state index in [1.807, 2.05) is 4.90 Å². The maximum Gasteiger partial charge on any atom is 0.417 e. The summed E-state index contributed by atoms with van der Waals surface area (Å²) in [5.41, 5.74) is -2.87. The molecule has 0 saturated carbocycles. The zero-order chi connectivity index (χ0) is 13.1. The van der Waals surface area contributed by atoms with Crippen LogP contribution in [0.3, 0.4) is 0 Å². The van der Waals surface area contributed by atoms with Crippen LogP contribution in [-0.4, -0.2) is 53.9 Å². The molecular formula is C10H17F3N2O2. The van der Waals surface area contributed by atoms with Crippen molar-refractivity contribution in [3.63, 3.8) is 0 Å². The average molecular weight is 254 g/mol. The lowest BCUT2D eigenvalue weighted by atomic mass is 10.0. The highest BCUT2D eigenvalue weighted by Gasteiger charge is 2.57.